The Hall–Kier alpha value is -2.08. The van der Waals surface area contributed by atoms with Crippen LogP contribution in [0.3, 0.4) is 0 Å². The third-order valence-corrected chi connectivity index (χ3v) is 4.65. The molecule has 1 aliphatic rings. The average Bonchev–Trinajstić information content (AvgIpc) is 2.68. The fourth-order valence-corrected chi connectivity index (χ4v) is 3.05. The third-order valence-electron chi connectivity index (χ3n) is 4.65. The minimum absolute atomic E-state index is 0.0233. The van der Waals surface area contributed by atoms with Crippen molar-refractivity contribution in [1.82, 2.24) is 10.2 Å². The van der Waals surface area contributed by atoms with Gasteiger partial charge in [0.25, 0.3) is 0 Å². The number of hydrogen-bond acceptors (Lipinski definition) is 4. The predicted octanol–water partition coefficient (Wildman–Crippen LogP) is 3.14. The second-order valence-electron chi connectivity index (χ2n) is 6.53. The molecule has 1 saturated heterocycles. The molecule has 1 aromatic rings. The van der Waals surface area contributed by atoms with E-state index in [1.807, 2.05) is 25.1 Å². The van der Waals surface area contributed by atoms with Gasteiger partial charge < -0.3 is 19.7 Å². The molecule has 1 aliphatic heterocycles. The van der Waals surface area contributed by atoms with Gasteiger partial charge in [-0.05, 0) is 38.7 Å². The monoisotopic (exact) mass is 362 g/mol. The Bertz CT molecular complexity index is 556. The molecule has 0 spiro atoms. The number of carbonyl (C=O) groups excluding carboxylic acids is 2. The second-order valence-corrected chi connectivity index (χ2v) is 6.53. The molecule has 1 fully saturated rings. The molecule has 0 aromatic heterocycles. The molecule has 2 amide bonds. The van der Waals surface area contributed by atoms with Crippen molar-refractivity contribution in [3.8, 4) is 0 Å². The zero-order valence-electron chi connectivity index (χ0n) is 15.8. The van der Waals surface area contributed by atoms with Crippen molar-refractivity contribution in [3.63, 3.8) is 0 Å². The summed E-state index contributed by atoms with van der Waals surface area (Å²) >= 11 is 0. The summed E-state index contributed by atoms with van der Waals surface area (Å²) in [7, 11) is 0. The van der Waals surface area contributed by atoms with Gasteiger partial charge in [0.1, 0.15) is 0 Å². The van der Waals surface area contributed by atoms with E-state index < -0.39 is 0 Å². The lowest BCUT2D eigenvalue weighted by molar-refractivity contribution is -0.126. The Kier molecular flexibility index (Phi) is 8.41. The minimum Gasteiger partial charge on any atom is -0.450 e. The normalized spacial score (nSPS) is 16.2. The van der Waals surface area contributed by atoms with Crippen LogP contribution in [0.15, 0.2) is 30.3 Å². The maximum Gasteiger partial charge on any atom is 0.409 e. The van der Waals surface area contributed by atoms with Crippen molar-refractivity contribution in [2.45, 2.75) is 39.2 Å². The summed E-state index contributed by atoms with van der Waals surface area (Å²) in [5.74, 6) is 0.0504. The highest BCUT2D eigenvalue weighted by Crippen LogP contribution is 2.18. The van der Waals surface area contributed by atoms with Gasteiger partial charge in [-0.15, -0.1) is 0 Å². The molecule has 144 valence electrons. The predicted molar refractivity (Wildman–Crippen MR) is 99.8 cm³/mol. The molecule has 1 aromatic carbocycles. The average molecular weight is 362 g/mol. The number of hydrogen-bond donors (Lipinski definition) is 1. The van der Waals surface area contributed by atoms with Crippen molar-refractivity contribution >= 4 is 12.0 Å². The van der Waals surface area contributed by atoms with Crippen LogP contribution >= 0.6 is 0 Å². The number of nitrogens with one attached hydrogen (secondary N) is 1. The molecule has 1 N–H and O–H groups in total. The van der Waals surface area contributed by atoms with Crippen molar-refractivity contribution in [2.24, 2.45) is 5.92 Å². The summed E-state index contributed by atoms with van der Waals surface area (Å²) in [6.07, 6.45) is 1.93. The Labute approximate surface area is 155 Å². The first-order chi connectivity index (χ1) is 12.6. The molecule has 1 heterocycles. The lowest BCUT2D eigenvalue weighted by Crippen LogP contribution is -2.43. The van der Waals surface area contributed by atoms with Gasteiger partial charge >= 0.3 is 6.09 Å². The van der Waals surface area contributed by atoms with Crippen LogP contribution in [0.5, 0.6) is 0 Å². The Balaban J connectivity index is 1.57. The fourth-order valence-electron chi connectivity index (χ4n) is 3.05. The van der Waals surface area contributed by atoms with Gasteiger partial charge in [0, 0.05) is 32.2 Å². The number of likely N-dealkylation sites (tertiary alicyclic amines) is 1. The molecule has 0 unspecified atom stereocenters. The number of amides is 2. The first-order valence-corrected chi connectivity index (χ1v) is 9.47. The Morgan fingerprint density at radius 2 is 1.92 bits per heavy atom. The van der Waals surface area contributed by atoms with Crippen LogP contribution in [-0.2, 0) is 14.3 Å². The van der Waals surface area contributed by atoms with Crippen LogP contribution in [0.25, 0.3) is 0 Å². The maximum atomic E-state index is 12.2. The van der Waals surface area contributed by atoms with Gasteiger partial charge in [-0.3, -0.25) is 4.79 Å². The zero-order valence-corrected chi connectivity index (χ0v) is 15.8. The van der Waals surface area contributed by atoms with Crippen LogP contribution in [0.4, 0.5) is 4.79 Å². The van der Waals surface area contributed by atoms with Crippen LogP contribution in [0.1, 0.15) is 44.8 Å². The van der Waals surface area contributed by atoms with Crippen LogP contribution in [0.2, 0.25) is 0 Å². The number of carbonyl (C=O) groups is 2. The van der Waals surface area contributed by atoms with E-state index in [0.29, 0.717) is 45.7 Å². The van der Waals surface area contributed by atoms with Crippen molar-refractivity contribution in [3.05, 3.63) is 35.9 Å². The molecule has 0 radical (unpaired) electrons. The summed E-state index contributed by atoms with van der Waals surface area (Å²) in [5.41, 5.74) is 1.16. The smallest absolute Gasteiger partial charge is 0.409 e. The van der Waals surface area contributed by atoms with Crippen molar-refractivity contribution in [1.29, 1.82) is 0 Å². The van der Waals surface area contributed by atoms with Gasteiger partial charge in [-0.25, -0.2) is 4.79 Å². The van der Waals surface area contributed by atoms with E-state index in [4.69, 9.17) is 9.47 Å². The summed E-state index contributed by atoms with van der Waals surface area (Å²) in [6.45, 7) is 6.58. The van der Waals surface area contributed by atoms with Gasteiger partial charge in [-0.1, -0.05) is 30.3 Å². The Morgan fingerprint density at radius 1 is 1.23 bits per heavy atom. The standard InChI is InChI=1S/C20H30N2O4/c1-3-25-20(24)22-13-10-18(11-14-22)19(23)21-12-7-15-26-16(2)17-8-5-4-6-9-17/h4-6,8-9,16,18H,3,7,10-15H2,1-2H3,(H,21,23)/t16-/m0/s1. The molecule has 2 rings (SSSR count). The molecule has 6 heteroatoms. The quantitative estimate of drug-likeness (QED) is 0.722. The van der Waals surface area contributed by atoms with Gasteiger partial charge in [0.05, 0.1) is 12.7 Å². The topological polar surface area (TPSA) is 67.9 Å². The SMILES string of the molecule is CCOC(=O)N1CCC(C(=O)NCCCO[C@@H](C)c2ccccc2)CC1. The van der Waals surface area contributed by atoms with E-state index in [0.717, 1.165) is 12.0 Å². The molecule has 26 heavy (non-hydrogen) atoms. The number of nitrogens with zero attached hydrogens (tertiary/aromatic N) is 1. The molecule has 0 saturated carbocycles. The molecule has 0 aliphatic carbocycles. The largest absolute Gasteiger partial charge is 0.450 e. The van der Waals surface area contributed by atoms with E-state index in [1.165, 1.54) is 0 Å². The fraction of sp³-hybridized carbons (Fsp3) is 0.600. The zero-order chi connectivity index (χ0) is 18.8. The molecule has 0 bridgehead atoms. The highest BCUT2D eigenvalue weighted by molar-refractivity contribution is 5.79. The first-order valence-electron chi connectivity index (χ1n) is 9.47. The molecular formula is C20H30N2O4. The summed E-state index contributed by atoms with van der Waals surface area (Å²) in [5, 5.41) is 2.98. The first kappa shape index (κ1) is 20.2. The van der Waals surface area contributed by atoms with Gasteiger partial charge in [-0.2, -0.15) is 0 Å². The highest BCUT2D eigenvalue weighted by Gasteiger charge is 2.27. The van der Waals surface area contributed by atoms with Crippen molar-refractivity contribution < 1.29 is 19.1 Å². The van der Waals surface area contributed by atoms with Crippen LogP contribution in [0, 0.1) is 5.92 Å². The number of piperidine rings is 1. The van der Waals surface area contributed by atoms with E-state index in [1.54, 1.807) is 11.8 Å². The van der Waals surface area contributed by atoms with Crippen LogP contribution in [-0.4, -0.2) is 49.7 Å². The number of rotatable bonds is 8. The van der Waals surface area contributed by atoms with E-state index in [2.05, 4.69) is 17.4 Å². The molecule has 1 atom stereocenters. The minimum atomic E-state index is -0.281. The van der Waals surface area contributed by atoms with Gasteiger partial charge in [0.15, 0.2) is 0 Å². The van der Waals surface area contributed by atoms with Crippen molar-refractivity contribution in [2.75, 3.05) is 32.8 Å². The summed E-state index contributed by atoms with van der Waals surface area (Å²) < 4.78 is 10.8. The lowest BCUT2D eigenvalue weighted by atomic mass is 9.96. The van der Waals surface area contributed by atoms with E-state index in [9.17, 15) is 9.59 Å². The second kappa shape index (κ2) is 10.8. The molecular weight excluding hydrogens is 332 g/mol. The summed E-state index contributed by atoms with van der Waals surface area (Å²) in [4.78, 5) is 25.6. The summed E-state index contributed by atoms with van der Waals surface area (Å²) in [6, 6.07) is 10.1. The van der Waals surface area contributed by atoms with E-state index >= 15 is 0 Å². The number of ether oxygens (including phenoxy) is 2. The molecule has 6 nitrogen and oxygen atoms in total. The van der Waals surface area contributed by atoms with Crippen LogP contribution < -0.4 is 5.32 Å². The number of benzene rings is 1. The van der Waals surface area contributed by atoms with Gasteiger partial charge in [0.2, 0.25) is 5.91 Å². The maximum absolute atomic E-state index is 12.2. The lowest BCUT2D eigenvalue weighted by Gasteiger charge is -2.30. The third kappa shape index (κ3) is 6.33. The van der Waals surface area contributed by atoms with E-state index in [-0.39, 0.29) is 24.0 Å². The highest BCUT2D eigenvalue weighted by atomic mass is 16.6. The Morgan fingerprint density at radius 3 is 2.58 bits per heavy atom.